The molecule has 0 aromatic heterocycles. The van der Waals surface area contributed by atoms with Gasteiger partial charge in [0.1, 0.15) is 0 Å². The fraction of sp³-hybridized carbons (Fsp3) is 0.900. The fourth-order valence-corrected chi connectivity index (χ4v) is 1.57. The van der Waals surface area contributed by atoms with E-state index in [0.717, 1.165) is 25.9 Å². The van der Waals surface area contributed by atoms with Gasteiger partial charge in [0, 0.05) is 25.6 Å². The summed E-state index contributed by atoms with van der Waals surface area (Å²) in [6.07, 6.45) is 3.91. The lowest BCUT2D eigenvalue weighted by Gasteiger charge is -2.12. The van der Waals surface area contributed by atoms with Crippen molar-refractivity contribution in [1.29, 1.82) is 0 Å². The van der Waals surface area contributed by atoms with E-state index in [9.17, 15) is 4.79 Å². The molecule has 4 heteroatoms. The summed E-state index contributed by atoms with van der Waals surface area (Å²) in [7, 11) is 0. The lowest BCUT2D eigenvalue weighted by molar-refractivity contribution is -0.122. The maximum absolute atomic E-state index is 11.3. The van der Waals surface area contributed by atoms with Gasteiger partial charge in [-0.2, -0.15) is 0 Å². The number of ether oxygens (including phenoxy) is 1. The number of hydrogen-bond donors (Lipinski definition) is 2. The van der Waals surface area contributed by atoms with Gasteiger partial charge in [-0.3, -0.25) is 4.79 Å². The first-order valence-corrected chi connectivity index (χ1v) is 5.33. The van der Waals surface area contributed by atoms with E-state index >= 15 is 0 Å². The molecule has 1 fully saturated rings. The Balaban J connectivity index is 2.08. The van der Waals surface area contributed by atoms with Gasteiger partial charge in [0.25, 0.3) is 0 Å². The third-order valence-electron chi connectivity index (χ3n) is 2.48. The standard InChI is InChI=1S/C10H20N2O2/c1-8(7-11)12-10(13)5-4-9-3-2-6-14-9/h8-9H,2-7,11H2,1H3,(H,12,13)/t8-,9?/m1/s1. The van der Waals surface area contributed by atoms with Gasteiger partial charge in [0.2, 0.25) is 5.91 Å². The van der Waals surface area contributed by atoms with Crippen LogP contribution in [0.5, 0.6) is 0 Å². The molecule has 4 nitrogen and oxygen atoms in total. The number of carbonyl (C=O) groups is 1. The highest BCUT2D eigenvalue weighted by atomic mass is 16.5. The molecule has 0 radical (unpaired) electrons. The summed E-state index contributed by atoms with van der Waals surface area (Å²) < 4.78 is 5.43. The van der Waals surface area contributed by atoms with Gasteiger partial charge < -0.3 is 15.8 Å². The van der Waals surface area contributed by atoms with Crippen molar-refractivity contribution in [3.8, 4) is 0 Å². The van der Waals surface area contributed by atoms with Crippen molar-refractivity contribution in [2.75, 3.05) is 13.2 Å². The van der Waals surface area contributed by atoms with Crippen molar-refractivity contribution >= 4 is 5.91 Å². The van der Waals surface area contributed by atoms with Crippen molar-refractivity contribution < 1.29 is 9.53 Å². The Kier molecular flexibility index (Phi) is 4.90. The molecular formula is C10H20N2O2. The second kappa shape index (κ2) is 5.98. The van der Waals surface area contributed by atoms with E-state index < -0.39 is 0 Å². The summed E-state index contributed by atoms with van der Waals surface area (Å²) in [5.74, 6) is 0.0819. The first-order valence-electron chi connectivity index (χ1n) is 5.33. The van der Waals surface area contributed by atoms with E-state index in [4.69, 9.17) is 10.5 Å². The van der Waals surface area contributed by atoms with E-state index in [1.807, 2.05) is 6.92 Å². The third-order valence-corrected chi connectivity index (χ3v) is 2.48. The van der Waals surface area contributed by atoms with E-state index in [-0.39, 0.29) is 11.9 Å². The van der Waals surface area contributed by atoms with Gasteiger partial charge in [0.15, 0.2) is 0 Å². The first-order chi connectivity index (χ1) is 6.72. The zero-order valence-corrected chi connectivity index (χ0v) is 8.79. The average molecular weight is 200 g/mol. The lowest BCUT2D eigenvalue weighted by Crippen LogP contribution is -2.37. The van der Waals surface area contributed by atoms with E-state index in [1.165, 1.54) is 0 Å². The highest BCUT2D eigenvalue weighted by Gasteiger charge is 2.16. The molecule has 3 N–H and O–H groups in total. The van der Waals surface area contributed by atoms with Crippen LogP contribution in [0.25, 0.3) is 0 Å². The smallest absolute Gasteiger partial charge is 0.220 e. The van der Waals surface area contributed by atoms with Gasteiger partial charge in [-0.25, -0.2) is 0 Å². The second-order valence-electron chi connectivity index (χ2n) is 3.88. The number of rotatable bonds is 5. The monoisotopic (exact) mass is 200 g/mol. The molecule has 0 aromatic rings. The Morgan fingerprint density at radius 2 is 2.50 bits per heavy atom. The summed E-state index contributed by atoms with van der Waals surface area (Å²) in [5, 5.41) is 2.83. The molecule has 0 saturated carbocycles. The van der Waals surface area contributed by atoms with E-state index in [1.54, 1.807) is 0 Å². The number of nitrogens with two attached hydrogens (primary N) is 1. The van der Waals surface area contributed by atoms with Gasteiger partial charge in [0.05, 0.1) is 6.10 Å². The molecule has 0 bridgehead atoms. The molecule has 0 aromatic carbocycles. The van der Waals surface area contributed by atoms with Crippen LogP contribution >= 0.6 is 0 Å². The fourth-order valence-electron chi connectivity index (χ4n) is 1.57. The first kappa shape index (κ1) is 11.5. The Hall–Kier alpha value is -0.610. The molecule has 1 heterocycles. The van der Waals surface area contributed by atoms with Crippen LogP contribution in [0.15, 0.2) is 0 Å². The van der Waals surface area contributed by atoms with E-state index in [0.29, 0.717) is 19.1 Å². The van der Waals surface area contributed by atoms with Gasteiger partial charge in [-0.1, -0.05) is 0 Å². The average Bonchev–Trinajstić information content (AvgIpc) is 2.67. The van der Waals surface area contributed by atoms with Crippen molar-refractivity contribution in [2.24, 2.45) is 5.73 Å². The quantitative estimate of drug-likeness (QED) is 0.675. The predicted octanol–water partition coefficient (Wildman–Crippen LogP) is 0.409. The molecular weight excluding hydrogens is 180 g/mol. The van der Waals surface area contributed by atoms with Crippen LogP contribution in [0.1, 0.15) is 32.6 Å². The Labute approximate surface area is 85.2 Å². The van der Waals surface area contributed by atoms with Gasteiger partial charge in [-0.05, 0) is 26.2 Å². The Morgan fingerprint density at radius 3 is 3.07 bits per heavy atom. The molecule has 0 aliphatic carbocycles. The predicted molar refractivity (Wildman–Crippen MR) is 54.9 cm³/mol. The van der Waals surface area contributed by atoms with Crippen LogP contribution in [-0.4, -0.2) is 31.2 Å². The van der Waals surface area contributed by atoms with Gasteiger partial charge >= 0.3 is 0 Å². The van der Waals surface area contributed by atoms with Crippen molar-refractivity contribution in [3.05, 3.63) is 0 Å². The normalized spacial score (nSPS) is 23.4. The zero-order valence-electron chi connectivity index (χ0n) is 8.79. The van der Waals surface area contributed by atoms with Crippen LogP contribution in [0.4, 0.5) is 0 Å². The lowest BCUT2D eigenvalue weighted by atomic mass is 10.1. The second-order valence-corrected chi connectivity index (χ2v) is 3.88. The van der Waals surface area contributed by atoms with Crippen LogP contribution in [0, 0.1) is 0 Å². The third kappa shape index (κ3) is 4.07. The van der Waals surface area contributed by atoms with Crippen LogP contribution < -0.4 is 11.1 Å². The van der Waals surface area contributed by atoms with Crippen molar-refractivity contribution in [2.45, 2.75) is 44.8 Å². The summed E-state index contributed by atoms with van der Waals surface area (Å²) in [6, 6.07) is 0.0759. The molecule has 14 heavy (non-hydrogen) atoms. The number of nitrogens with one attached hydrogen (secondary N) is 1. The Morgan fingerprint density at radius 1 is 1.71 bits per heavy atom. The number of carbonyl (C=O) groups excluding carboxylic acids is 1. The highest BCUT2D eigenvalue weighted by Crippen LogP contribution is 2.16. The Bertz CT molecular complexity index is 179. The van der Waals surface area contributed by atoms with Crippen LogP contribution in [0.3, 0.4) is 0 Å². The minimum atomic E-state index is 0.0759. The summed E-state index contributed by atoms with van der Waals surface area (Å²) >= 11 is 0. The van der Waals surface area contributed by atoms with Crippen LogP contribution in [0.2, 0.25) is 0 Å². The summed E-state index contributed by atoms with van der Waals surface area (Å²) in [5.41, 5.74) is 5.40. The molecule has 1 aliphatic rings. The zero-order chi connectivity index (χ0) is 10.4. The van der Waals surface area contributed by atoms with Crippen LogP contribution in [-0.2, 0) is 9.53 Å². The molecule has 2 atom stereocenters. The molecule has 1 aliphatic heterocycles. The molecule has 82 valence electrons. The maximum atomic E-state index is 11.3. The minimum Gasteiger partial charge on any atom is -0.378 e. The molecule has 1 saturated heterocycles. The maximum Gasteiger partial charge on any atom is 0.220 e. The molecule has 1 unspecified atom stereocenters. The van der Waals surface area contributed by atoms with E-state index in [2.05, 4.69) is 5.32 Å². The molecule has 1 rings (SSSR count). The van der Waals surface area contributed by atoms with Crippen molar-refractivity contribution in [3.63, 3.8) is 0 Å². The van der Waals surface area contributed by atoms with Gasteiger partial charge in [-0.15, -0.1) is 0 Å². The largest absolute Gasteiger partial charge is 0.378 e. The highest BCUT2D eigenvalue weighted by molar-refractivity contribution is 5.76. The topological polar surface area (TPSA) is 64.3 Å². The SMILES string of the molecule is C[C@H](CN)NC(=O)CCC1CCCO1. The summed E-state index contributed by atoms with van der Waals surface area (Å²) in [4.78, 5) is 11.3. The molecule has 0 spiro atoms. The summed E-state index contributed by atoms with van der Waals surface area (Å²) in [6.45, 7) is 3.25. The molecule has 1 amide bonds. The van der Waals surface area contributed by atoms with Crippen molar-refractivity contribution in [1.82, 2.24) is 5.32 Å². The number of amides is 1. The minimum absolute atomic E-state index is 0.0759. The number of hydrogen-bond acceptors (Lipinski definition) is 3.